The van der Waals surface area contributed by atoms with E-state index in [1.807, 2.05) is 0 Å². The molecule has 0 aromatic rings. The van der Waals surface area contributed by atoms with Gasteiger partial charge in [0.1, 0.15) is 20.2 Å². The summed E-state index contributed by atoms with van der Waals surface area (Å²) in [6.07, 6.45) is -1.50. The molecule has 4 amide bonds. The molecule has 2 aliphatic heterocycles. The molecule has 0 aromatic carbocycles. The zero-order chi connectivity index (χ0) is 12.7. The second-order valence-corrected chi connectivity index (χ2v) is 3.84. The fraction of sp³-hybridized carbons (Fsp3) is 0.750. The minimum absolute atomic E-state index is 0.466. The van der Waals surface area contributed by atoms with Gasteiger partial charge in [0, 0.05) is 7.05 Å². The highest BCUT2D eigenvalue weighted by Gasteiger charge is 2.57. The van der Waals surface area contributed by atoms with Crippen molar-refractivity contribution in [2.24, 2.45) is 0 Å². The first-order valence-corrected chi connectivity index (χ1v) is 5.01. The Balaban J connectivity index is 2.39. The van der Waals surface area contributed by atoms with Crippen LogP contribution in [-0.2, 0) is 0 Å². The SMILES string of the molecule is CN1C(=O)N(CO)[C@@H]2[C@H]1N(CO)C(=O)N2CO. The van der Waals surface area contributed by atoms with Gasteiger partial charge in [0.05, 0.1) is 0 Å². The van der Waals surface area contributed by atoms with E-state index in [0.29, 0.717) is 0 Å². The van der Waals surface area contributed by atoms with Crippen molar-refractivity contribution in [3.8, 4) is 0 Å². The number of aliphatic hydroxyl groups is 3. The van der Waals surface area contributed by atoms with Gasteiger partial charge in [-0.25, -0.2) is 9.59 Å². The van der Waals surface area contributed by atoms with Crippen LogP contribution >= 0.6 is 0 Å². The standard InChI is InChI=1S/C8H14N4O5/c1-9-5-6(11(3-14)7(9)16)12(4-15)8(17)10(5)2-13/h5-6,13-15H,2-4H2,1H3/t5-,6+/m1/s1. The number of fused-ring (bicyclic) bond motifs is 1. The Kier molecular flexibility index (Phi) is 2.81. The van der Waals surface area contributed by atoms with Gasteiger partial charge in [0.25, 0.3) is 0 Å². The topological polar surface area (TPSA) is 108 Å². The largest absolute Gasteiger partial charge is 0.376 e. The fourth-order valence-electron chi connectivity index (χ4n) is 2.31. The van der Waals surface area contributed by atoms with Gasteiger partial charge in [-0.15, -0.1) is 0 Å². The number of rotatable bonds is 3. The van der Waals surface area contributed by atoms with Crippen LogP contribution in [0.4, 0.5) is 9.59 Å². The monoisotopic (exact) mass is 246 g/mol. The Morgan fingerprint density at radius 3 is 1.76 bits per heavy atom. The average molecular weight is 246 g/mol. The van der Waals surface area contributed by atoms with Crippen molar-refractivity contribution in [3.05, 3.63) is 0 Å². The quantitative estimate of drug-likeness (QED) is 0.514. The molecule has 0 aromatic heterocycles. The lowest BCUT2D eigenvalue weighted by molar-refractivity contribution is 0.0238. The Morgan fingerprint density at radius 1 is 0.882 bits per heavy atom. The molecule has 2 atom stereocenters. The summed E-state index contributed by atoms with van der Waals surface area (Å²) in [7, 11) is 1.46. The number of likely N-dealkylation sites (N-methyl/N-ethyl adjacent to an activating group) is 1. The van der Waals surface area contributed by atoms with Crippen LogP contribution in [0, 0.1) is 0 Å². The molecule has 0 bridgehead atoms. The lowest BCUT2D eigenvalue weighted by Gasteiger charge is -2.25. The maximum absolute atomic E-state index is 11.8. The third kappa shape index (κ3) is 1.36. The highest BCUT2D eigenvalue weighted by molar-refractivity contribution is 5.84. The number of amides is 4. The molecule has 2 rings (SSSR count). The van der Waals surface area contributed by atoms with Crippen molar-refractivity contribution in [1.29, 1.82) is 0 Å². The second-order valence-electron chi connectivity index (χ2n) is 3.84. The summed E-state index contributed by atoms with van der Waals surface area (Å²) in [6.45, 7) is -1.71. The van der Waals surface area contributed by atoms with E-state index in [9.17, 15) is 9.59 Å². The number of urea groups is 2. The van der Waals surface area contributed by atoms with Crippen molar-refractivity contribution in [1.82, 2.24) is 19.6 Å². The van der Waals surface area contributed by atoms with Gasteiger partial charge >= 0.3 is 12.1 Å². The Hall–Kier alpha value is -1.58. The normalized spacial score (nSPS) is 28.5. The van der Waals surface area contributed by atoms with E-state index in [0.717, 1.165) is 14.7 Å². The average Bonchev–Trinajstić information content (AvgIpc) is 2.73. The second kappa shape index (κ2) is 4.02. The van der Waals surface area contributed by atoms with E-state index < -0.39 is 44.6 Å². The number of carbonyl (C=O) groups is 2. The van der Waals surface area contributed by atoms with Gasteiger partial charge < -0.3 is 20.2 Å². The van der Waals surface area contributed by atoms with E-state index in [2.05, 4.69) is 0 Å². The van der Waals surface area contributed by atoms with Crippen LogP contribution in [-0.4, -0.2) is 86.6 Å². The summed E-state index contributed by atoms with van der Waals surface area (Å²) in [5.74, 6) is 0. The first kappa shape index (κ1) is 11.9. The Morgan fingerprint density at radius 2 is 1.29 bits per heavy atom. The lowest BCUT2D eigenvalue weighted by atomic mass is 10.3. The molecule has 3 N–H and O–H groups in total. The molecule has 0 spiro atoms. The van der Waals surface area contributed by atoms with Gasteiger partial charge in [0.15, 0.2) is 12.3 Å². The highest BCUT2D eigenvalue weighted by Crippen LogP contribution is 2.32. The predicted molar refractivity (Wildman–Crippen MR) is 52.9 cm³/mol. The summed E-state index contributed by atoms with van der Waals surface area (Å²) < 4.78 is 0. The van der Waals surface area contributed by atoms with Gasteiger partial charge in [-0.2, -0.15) is 0 Å². The molecule has 9 nitrogen and oxygen atoms in total. The van der Waals surface area contributed by atoms with Crippen LogP contribution in [0.15, 0.2) is 0 Å². The molecule has 0 saturated carbocycles. The Labute approximate surface area is 97.0 Å². The van der Waals surface area contributed by atoms with Gasteiger partial charge in [-0.05, 0) is 0 Å². The molecular weight excluding hydrogens is 232 g/mol. The maximum atomic E-state index is 11.8. The molecule has 0 aliphatic carbocycles. The first-order valence-electron chi connectivity index (χ1n) is 5.01. The summed E-state index contributed by atoms with van der Waals surface area (Å²) in [5, 5.41) is 27.4. The minimum Gasteiger partial charge on any atom is -0.376 e. The first-order chi connectivity index (χ1) is 8.08. The maximum Gasteiger partial charge on any atom is 0.327 e. The van der Waals surface area contributed by atoms with Crippen LogP contribution in [0.25, 0.3) is 0 Å². The molecule has 0 radical (unpaired) electrons. The van der Waals surface area contributed by atoms with E-state index in [1.165, 1.54) is 11.9 Å². The van der Waals surface area contributed by atoms with Crippen LogP contribution in [0.1, 0.15) is 0 Å². The third-order valence-corrected chi connectivity index (χ3v) is 3.12. The fourth-order valence-corrected chi connectivity index (χ4v) is 2.31. The molecule has 0 unspecified atom stereocenters. The van der Waals surface area contributed by atoms with Crippen molar-refractivity contribution in [3.63, 3.8) is 0 Å². The highest BCUT2D eigenvalue weighted by atomic mass is 16.3. The minimum atomic E-state index is -0.790. The van der Waals surface area contributed by atoms with Crippen molar-refractivity contribution >= 4 is 12.1 Å². The molecule has 9 heteroatoms. The van der Waals surface area contributed by atoms with Crippen LogP contribution < -0.4 is 0 Å². The van der Waals surface area contributed by atoms with E-state index in [1.54, 1.807) is 0 Å². The van der Waals surface area contributed by atoms with Crippen LogP contribution in [0.2, 0.25) is 0 Å². The molecule has 2 fully saturated rings. The van der Waals surface area contributed by atoms with Crippen LogP contribution in [0.5, 0.6) is 0 Å². The molecule has 96 valence electrons. The predicted octanol–water partition coefficient (Wildman–Crippen LogP) is -2.41. The molecule has 2 heterocycles. The van der Waals surface area contributed by atoms with E-state index in [4.69, 9.17) is 15.3 Å². The van der Waals surface area contributed by atoms with Gasteiger partial charge in [-0.3, -0.25) is 14.7 Å². The summed E-state index contributed by atoms with van der Waals surface area (Å²) in [5.41, 5.74) is 0. The van der Waals surface area contributed by atoms with Gasteiger partial charge in [0.2, 0.25) is 0 Å². The zero-order valence-corrected chi connectivity index (χ0v) is 9.22. The number of hydrogen-bond donors (Lipinski definition) is 3. The summed E-state index contributed by atoms with van der Waals surface area (Å²) in [4.78, 5) is 27.9. The zero-order valence-electron chi connectivity index (χ0n) is 9.22. The van der Waals surface area contributed by atoms with Crippen LogP contribution in [0.3, 0.4) is 0 Å². The summed E-state index contributed by atoms with van der Waals surface area (Å²) >= 11 is 0. The van der Waals surface area contributed by atoms with Crippen molar-refractivity contribution in [2.75, 3.05) is 27.2 Å². The summed E-state index contributed by atoms with van der Waals surface area (Å²) in [6, 6.07) is -1.05. The number of aliphatic hydroxyl groups excluding tert-OH is 3. The number of carbonyl (C=O) groups excluding carboxylic acids is 2. The van der Waals surface area contributed by atoms with Crippen molar-refractivity contribution in [2.45, 2.75) is 12.3 Å². The molecular formula is C8H14N4O5. The smallest absolute Gasteiger partial charge is 0.327 e. The number of hydrogen-bond acceptors (Lipinski definition) is 5. The molecule has 17 heavy (non-hydrogen) atoms. The van der Waals surface area contributed by atoms with Gasteiger partial charge in [-0.1, -0.05) is 0 Å². The van der Waals surface area contributed by atoms with E-state index in [-0.39, 0.29) is 0 Å². The van der Waals surface area contributed by atoms with E-state index >= 15 is 0 Å². The van der Waals surface area contributed by atoms with Crippen molar-refractivity contribution < 1.29 is 24.9 Å². The number of nitrogens with zero attached hydrogens (tertiary/aromatic N) is 4. The molecule has 2 aliphatic rings. The third-order valence-electron chi connectivity index (χ3n) is 3.12. The molecule has 2 saturated heterocycles. The lowest BCUT2D eigenvalue weighted by Crippen LogP contribution is -2.47. The Bertz CT molecular complexity index is 349.